The smallest absolute Gasteiger partial charge is 0.326 e. The molecule has 20 heavy (non-hydrogen) atoms. The molecule has 0 fully saturated rings. The Labute approximate surface area is 115 Å². The van der Waals surface area contributed by atoms with Gasteiger partial charge in [0.2, 0.25) is 5.91 Å². The van der Waals surface area contributed by atoms with Gasteiger partial charge in [-0.25, -0.2) is 13.6 Å². The van der Waals surface area contributed by atoms with E-state index in [1.54, 1.807) is 0 Å². The van der Waals surface area contributed by atoms with Crippen molar-refractivity contribution in [3.8, 4) is 0 Å². The largest absolute Gasteiger partial charge is 0.480 e. The van der Waals surface area contributed by atoms with Gasteiger partial charge in [-0.2, -0.15) is 0 Å². The van der Waals surface area contributed by atoms with E-state index in [2.05, 4.69) is 5.32 Å². The first kappa shape index (κ1) is 16.1. The lowest BCUT2D eigenvalue weighted by Gasteiger charge is -2.14. The summed E-state index contributed by atoms with van der Waals surface area (Å²) in [4.78, 5) is 22.7. The fourth-order valence-electron chi connectivity index (χ4n) is 1.81. The van der Waals surface area contributed by atoms with Crippen LogP contribution >= 0.6 is 0 Å². The fraction of sp³-hybridized carbons (Fsp3) is 0.429. The molecule has 1 rings (SSSR count). The molecule has 0 saturated heterocycles. The van der Waals surface area contributed by atoms with Gasteiger partial charge in [0, 0.05) is 6.07 Å². The number of rotatable bonds is 7. The minimum Gasteiger partial charge on any atom is -0.480 e. The Balaban J connectivity index is 2.63. The molecule has 1 aromatic rings. The molecule has 0 radical (unpaired) electrons. The van der Waals surface area contributed by atoms with Crippen LogP contribution in [0.15, 0.2) is 18.2 Å². The Morgan fingerprint density at radius 2 is 1.85 bits per heavy atom. The molecule has 0 bridgehead atoms. The first-order valence-corrected chi connectivity index (χ1v) is 6.39. The van der Waals surface area contributed by atoms with Gasteiger partial charge in [-0.05, 0) is 24.1 Å². The lowest BCUT2D eigenvalue weighted by Crippen LogP contribution is -2.41. The van der Waals surface area contributed by atoms with Gasteiger partial charge in [0.15, 0.2) is 0 Å². The number of carbonyl (C=O) groups excluding carboxylic acids is 1. The third-order valence-corrected chi connectivity index (χ3v) is 2.77. The van der Waals surface area contributed by atoms with E-state index in [0.717, 1.165) is 18.6 Å². The molecule has 6 heteroatoms. The summed E-state index contributed by atoms with van der Waals surface area (Å²) < 4.78 is 25.9. The second kappa shape index (κ2) is 7.57. The predicted octanol–water partition coefficient (Wildman–Crippen LogP) is 2.27. The average Bonchev–Trinajstić information content (AvgIpc) is 2.32. The van der Waals surface area contributed by atoms with Crippen LogP contribution < -0.4 is 5.32 Å². The molecule has 110 valence electrons. The first-order valence-electron chi connectivity index (χ1n) is 6.39. The molecule has 0 heterocycles. The highest BCUT2D eigenvalue weighted by atomic mass is 19.1. The quantitative estimate of drug-likeness (QED) is 0.807. The number of hydrogen-bond acceptors (Lipinski definition) is 2. The number of halogens is 2. The number of unbranched alkanes of at least 4 members (excludes halogenated alkanes) is 1. The van der Waals surface area contributed by atoms with E-state index < -0.39 is 29.6 Å². The van der Waals surface area contributed by atoms with Crippen molar-refractivity contribution >= 4 is 11.9 Å². The summed E-state index contributed by atoms with van der Waals surface area (Å²) in [5.74, 6) is -3.22. The summed E-state index contributed by atoms with van der Waals surface area (Å²) in [5.41, 5.74) is 0.166. The normalized spacial score (nSPS) is 11.9. The van der Waals surface area contributed by atoms with Crippen LogP contribution in [0.2, 0.25) is 0 Å². The molecule has 0 aliphatic heterocycles. The first-order chi connectivity index (χ1) is 9.42. The van der Waals surface area contributed by atoms with E-state index in [4.69, 9.17) is 5.11 Å². The monoisotopic (exact) mass is 285 g/mol. The maximum absolute atomic E-state index is 13.0. The average molecular weight is 285 g/mol. The third-order valence-electron chi connectivity index (χ3n) is 2.77. The van der Waals surface area contributed by atoms with Crippen molar-refractivity contribution in [2.75, 3.05) is 0 Å². The molecule has 2 N–H and O–H groups in total. The minimum absolute atomic E-state index is 0.166. The van der Waals surface area contributed by atoms with Crippen molar-refractivity contribution in [2.24, 2.45) is 0 Å². The van der Waals surface area contributed by atoms with Crippen LogP contribution in [0.1, 0.15) is 31.7 Å². The van der Waals surface area contributed by atoms with E-state index >= 15 is 0 Å². The van der Waals surface area contributed by atoms with Gasteiger partial charge in [0.1, 0.15) is 17.7 Å². The summed E-state index contributed by atoms with van der Waals surface area (Å²) in [5, 5.41) is 11.3. The summed E-state index contributed by atoms with van der Waals surface area (Å²) in [7, 11) is 0. The molecule has 0 aliphatic carbocycles. The summed E-state index contributed by atoms with van der Waals surface area (Å²) in [6, 6.07) is 1.83. The Hall–Kier alpha value is -1.98. The lowest BCUT2D eigenvalue weighted by atomic mass is 10.1. The standard InChI is InChI=1S/C14H17F2NO3/c1-2-3-4-12(14(19)20)17-13(18)7-9-5-10(15)8-11(16)6-9/h5-6,8,12H,2-4,7H2,1H3,(H,17,18)(H,19,20)/t12-/m0/s1. The number of nitrogens with one attached hydrogen (secondary N) is 1. The van der Waals surface area contributed by atoms with Crippen molar-refractivity contribution in [1.82, 2.24) is 5.32 Å². The Morgan fingerprint density at radius 3 is 2.35 bits per heavy atom. The topological polar surface area (TPSA) is 66.4 Å². The van der Waals surface area contributed by atoms with Crippen molar-refractivity contribution in [2.45, 2.75) is 38.6 Å². The summed E-state index contributed by atoms with van der Waals surface area (Å²) in [6.07, 6.45) is 1.56. The van der Waals surface area contributed by atoms with Crippen LogP contribution in [0.25, 0.3) is 0 Å². The van der Waals surface area contributed by atoms with Crippen molar-refractivity contribution in [3.05, 3.63) is 35.4 Å². The highest BCUT2D eigenvalue weighted by molar-refractivity contribution is 5.84. The molecule has 0 saturated carbocycles. The zero-order valence-electron chi connectivity index (χ0n) is 11.2. The number of carbonyl (C=O) groups is 2. The van der Waals surface area contributed by atoms with E-state index in [9.17, 15) is 18.4 Å². The van der Waals surface area contributed by atoms with Gasteiger partial charge in [-0.1, -0.05) is 19.8 Å². The molecular weight excluding hydrogens is 268 g/mol. The van der Waals surface area contributed by atoms with Gasteiger partial charge >= 0.3 is 5.97 Å². The second-order valence-electron chi connectivity index (χ2n) is 4.56. The van der Waals surface area contributed by atoms with Gasteiger partial charge in [0.05, 0.1) is 6.42 Å². The summed E-state index contributed by atoms with van der Waals surface area (Å²) in [6.45, 7) is 1.91. The molecule has 1 amide bonds. The molecular formula is C14H17F2NO3. The molecule has 0 unspecified atom stereocenters. The number of amides is 1. The highest BCUT2D eigenvalue weighted by Gasteiger charge is 2.19. The van der Waals surface area contributed by atoms with Crippen LogP contribution in [-0.4, -0.2) is 23.0 Å². The Bertz CT molecular complexity index is 471. The molecule has 1 atom stereocenters. The molecule has 0 spiro atoms. The molecule has 0 aliphatic rings. The van der Waals surface area contributed by atoms with Gasteiger partial charge in [0.25, 0.3) is 0 Å². The van der Waals surface area contributed by atoms with E-state index in [1.165, 1.54) is 0 Å². The van der Waals surface area contributed by atoms with Crippen LogP contribution in [0, 0.1) is 11.6 Å². The van der Waals surface area contributed by atoms with Crippen molar-refractivity contribution in [1.29, 1.82) is 0 Å². The fourth-order valence-corrected chi connectivity index (χ4v) is 1.81. The van der Waals surface area contributed by atoms with E-state index in [-0.39, 0.29) is 12.0 Å². The molecule has 4 nitrogen and oxygen atoms in total. The van der Waals surface area contributed by atoms with Crippen LogP contribution in [0.3, 0.4) is 0 Å². The van der Waals surface area contributed by atoms with Gasteiger partial charge in [-0.3, -0.25) is 4.79 Å². The van der Waals surface area contributed by atoms with Gasteiger partial charge < -0.3 is 10.4 Å². The number of hydrogen-bond donors (Lipinski definition) is 2. The molecule has 1 aromatic carbocycles. The number of carboxylic acid groups (broad SMARTS) is 1. The van der Waals surface area contributed by atoms with E-state index in [0.29, 0.717) is 18.9 Å². The number of benzene rings is 1. The highest BCUT2D eigenvalue weighted by Crippen LogP contribution is 2.09. The predicted molar refractivity (Wildman–Crippen MR) is 69.2 cm³/mol. The van der Waals surface area contributed by atoms with Crippen molar-refractivity contribution in [3.63, 3.8) is 0 Å². The SMILES string of the molecule is CCCC[C@H](NC(=O)Cc1cc(F)cc(F)c1)C(=O)O. The zero-order chi connectivity index (χ0) is 15.1. The Kier molecular flexibility index (Phi) is 6.09. The summed E-state index contributed by atoms with van der Waals surface area (Å²) >= 11 is 0. The van der Waals surface area contributed by atoms with E-state index in [1.807, 2.05) is 6.92 Å². The second-order valence-corrected chi connectivity index (χ2v) is 4.56. The maximum atomic E-state index is 13.0. The van der Waals surface area contributed by atoms with Crippen molar-refractivity contribution < 1.29 is 23.5 Å². The number of carboxylic acids is 1. The van der Waals surface area contributed by atoms with Crippen LogP contribution in [0.4, 0.5) is 8.78 Å². The van der Waals surface area contributed by atoms with Crippen LogP contribution in [-0.2, 0) is 16.0 Å². The maximum Gasteiger partial charge on any atom is 0.326 e. The van der Waals surface area contributed by atoms with Gasteiger partial charge in [-0.15, -0.1) is 0 Å². The minimum atomic E-state index is -1.11. The molecule has 0 aromatic heterocycles. The lowest BCUT2D eigenvalue weighted by molar-refractivity contribution is -0.142. The zero-order valence-corrected chi connectivity index (χ0v) is 11.2. The number of aliphatic carboxylic acids is 1. The van der Waals surface area contributed by atoms with Crippen LogP contribution in [0.5, 0.6) is 0 Å². The Morgan fingerprint density at radius 1 is 1.25 bits per heavy atom. The third kappa shape index (κ3) is 5.34.